The fourth-order valence-corrected chi connectivity index (χ4v) is 2.05. The summed E-state index contributed by atoms with van der Waals surface area (Å²) in [6.45, 7) is 1.98. The molecule has 0 aromatic heterocycles. The smallest absolute Gasteiger partial charge is 0.304 e. The highest BCUT2D eigenvalue weighted by Crippen LogP contribution is 2.21. The molecule has 0 spiro atoms. The van der Waals surface area contributed by atoms with Gasteiger partial charge in [-0.05, 0) is 25.0 Å². The molecular weight excluding hydrogens is 259 g/mol. The van der Waals surface area contributed by atoms with Crippen LogP contribution in [0.3, 0.4) is 0 Å². The largest absolute Gasteiger partial charge is 0.382 e. The number of nitrogens with zero attached hydrogens (tertiary/aromatic N) is 1. The van der Waals surface area contributed by atoms with Gasteiger partial charge in [0, 0.05) is 23.9 Å². The topological polar surface area (TPSA) is 55.2 Å². The normalized spacial score (nSPS) is 11.9. The van der Waals surface area contributed by atoms with Gasteiger partial charge in [-0.3, -0.25) is 10.1 Å². The Balaban J connectivity index is 2.03. The molecule has 1 atom stereocenters. The van der Waals surface area contributed by atoms with Crippen molar-refractivity contribution < 1.29 is 9.31 Å². The third-order valence-corrected chi connectivity index (χ3v) is 2.94. The highest BCUT2D eigenvalue weighted by molar-refractivity contribution is 5.50. The monoisotopic (exact) mass is 274 g/mol. The van der Waals surface area contributed by atoms with Crippen LogP contribution >= 0.6 is 0 Å². The summed E-state index contributed by atoms with van der Waals surface area (Å²) in [6.07, 6.45) is 0.791. The van der Waals surface area contributed by atoms with E-state index in [0.29, 0.717) is 5.69 Å². The lowest BCUT2D eigenvalue weighted by Gasteiger charge is -2.15. The molecule has 5 heteroatoms. The summed E-state index contributed by atoms with van der Waals surface area (Å²) in [7, 11) is 0. The van der Waals surface area contributed by atoms with Gasteiger partial charge < -0.3 is 5.32 Å². The Morgan fingerprint density at radius 3 is 2.55 bits per heavy atom. The van der Waals surface area contributed by atoms with Crippen LogP contribution in [0.25, 0.3) is 0 Å². The van der Waals surface area contributed by atoms with Crippen molar-refractivity contribution in [2.24, 2.45) is 0 Å². The Morgan fingerprint density at radius 2 is 1.95 bits per heavy atom. The van der Waals surface area contributed by atoms with E-state index in [0.717, 1.165) is 12.5 Å². The second kappa shape index (κ2) is 6.14. The molecule has 0 heterocycles. The predicted octanol–water partition coefficient (Wildman–Crippen LogP) is 3.78. The highest BCUT2D eigenvalue weighted by Gasteiger charge is 2.14. The van der Waals surface area contributed by atoms with Crippen LogP contribution in [0.1, 0.15) is 12.5 Å². The quantitative estimate of drug-likeness (QED) is 0.667. The molecular formula is C15H15FN2O2. The summed E-state index contributed by atoms with van der Waals surface area (Å²) in [5.74, 6) is -0.827. The molecule has 2 aromatic carbocycles. The van der Waals surface area contributed by atoms with Crippen LogP contribution < -0.4 is 5.32 Å². The molecule has 0 saturated heterocycles. The summed E-state index contributed by atoms with van der Waals surface area (Å²) in [5, 5.41) is 13.7. The number of nitrogens with one attached hydrogen (secondary N) is 1. The van der Waals surface area contributed by atoms with Gasteiger partial charge in [-0.15, -0.1) is 0 Å². The van der Waals surface area contributed by atoms with Gasteiger partial charge >= 0.3 is 5.69 Å². The molecule has 104 valence electrons. The fourth-order valence-electron chi connectivity index (χ4n) is 2.05. The number of nitro benzene ring substituents is 1. The number of nitro groups is 1. The van der Waals surface area contributed by atoms with Crippen molar-refractivity contribution in [2.45, 2.75) is 19.4 Å². The summed E-state index contributed by atoms with van der Waals surface area (Å²) >= 11 is 0. The molecule has 0 saturated carbocycles. The molecule has 2 aromatic rings. The molecule has 0 aliphatic carbocycles. The van der Waals surface area contributed by atoms with Crippen molar-refractivity contribution in [1.29, 1.82) is 0 Å². The van der Waals surface area contributed by atoms with E-state index < -0.39 is 16.4 Å². The van der Waals surface area contributed by atoms with Gasteiger partial charge in [-0.25, -0.2) is 0 Å². The van der Waals surface area contributed by atoms with E-state index >= 15 is 0 Å². The van der Waals surface area contributed by atoms with Crippen molar-refractivity contribution in [1.82, 2.24) is 0 Å². The van der Waals surface area contributed by atoms with Crippen LogP contribution in [0, 0.1) is 15.9 Å². The summed E-state index contributed by atoms with van der Waals surface area (Å²) < 4.78 is 13.5. The maximum absolute atomic E-state index is 13.5. The lowest BCUT2D eigenvalue weighted by molar-refractivity contribution is -0.387. The second-order valence-corrected chi connectivity index (χ2v) is 4.66. The maximum atomic E-state index is 13.5. The van der Waals surface area contributed by atoms with Crippen LogP contribution in [0.4, 0.5) is 15.8 Å². The zero-order valence-corrected chi connectivity index (χ0v) is 11.0. The van der Waals surface area contributed by atoms with E-state index in [1.807, 2.05) is 37.3 Å². The minimum absolute atomic E-state index is 0.0956. The van der Waals surface area contributed by atoms with E-state index in [-0.39, 0.29) is 6.04 Å². The Morgan fingerprint density at radius 1 is 1.25 bits per heavy atom. The van der Waals surface area contributed by atoms with Crippen LogP contribution in [0.2, 0.25) is 0 Å². The fraction of sp³-hybridized carbons (Fsp3) is 0.200. The maximum Gasteiger partial charge on any atom is 0.304 e. The first-order valence-electron chi connectivity index (χ1n) is 6.30. The van der Waals surface area contributed by atoms with Crippen LogP contribution in [-0.2, 0) is 6.42 Å². The van der Waals surface area contributed by atoms with Gasteiger partial charge in [0.25, 0.3) is 0 Å². The van der Waals surface area contributed by atoms with Gasteiger partial charge in [0.05, 0.1) is 4.92 Å². The number of hydrogen-bond acceptors (Lipinski definition) is 3. The van der Waals surface area contributed by atoms with Crippen LogP contribution in [0.15, 0.2) is 48.5 Å². The van der Waals surface area contributed by atoms with Crippen molar-refractivity contribution in [3.8, 4) is 0 Å². The van der Waals surface area contributed by atoms with E-state index in [9.17, 15) is 14.5 Å². The van der Waals surface area contributed by atoms with Crippen molar-refractivity contribution in [3.63, 3.8) is 0 Å². The molecule has 0 aliphatic rings. The molecule has 0 aliphatic heterocycles. The number of benzene rings is 2. The Labute approximate surface area is 116 Å². The number of rotatable bonds is 5. The molecule has 4 nitrogen and oxygen atoms in total. The lowest BCUT2D eigenvalue weighted by atomic mass is 10.1. The third-order valence-electron chi connectivity index (χ3n) is 2.94. The minimum atomic E-state index is -0.827. The second-order valence-electron chi connectivity index (χ2n) is 4.66. The minimum Gasteiger partial charge on any atom is -0.382 e. The van der Waals surface area contributed by atoms with E-state index in [4.69, 9.17) is 0 Å². The zero-order valence-electron chi connectivity index (χ0n) is 11.0. The van der Waals surface area contributed by atoms with Crippen molar-refractivity contribution in [2.75, 3.05) is 5.32 Å². The van der Waals surface area contributed by atoms with Gasteiger partial charge in [0.15, 0.2) is 0 Å². The third kappa shape index (κ3) is 3.54. The van der Waals surface area contributed by atoms with Crippen LogP contribution in [-0.4, -0.2) is 11.0 Å². The first-order valence-corrected chi connectivity index (χ1v) is 6.30. The molecule has 0 amide bonds. The summed E-state index contributed by atoms with van der Waals surface area (Å²) in [4.78, 5) is 9.81. The average Bonchev–Trinajstić information content (AvgIpc) is 2.39. The molecule has 20 heavy (non-hydrogen) atoms. The molecule has 1 N–H and O–H groups in total. The number of anilines is 1. The summed E-state index contributed by atoms with van der Waals surface area (Å²) in [6, 6.07) is 13.9. The SMILES string of the molecule is CC(Cc1ccccc1)Nc1ccc([N+](=O)[O-])c(F)c1. The number of hydrogen-bond donors (Lipinski definition) is 1. The van der Waals surface area contributed by atoms with Crippen molar-refractivity contribution in [3.05, 3.63) is 70.0 Å². The standard InChI is InChI=1S/C15H15FN2O2/c1-11(9-12-5-3-2-4-6-12)17-13-7-8-15(18(19)20)14(16)10-13/h2-8,10-11,17H,9H2,1H3. The van der Waals surface area contributed by atoms with Gasteiger partial charge in [-0.1, -0.05) is 30.3 Å². The van der Waals surface area contributed by atoms with Crippen LogP contribution in [0.5, 0.6) is 0 Å². The van der Waals surface area contributed by atoms with E-state index in [2.05, 4.69) is 5.32 Å². The first kappa shape index (κ1) is 14.0. The number of halogens is 1. The summed E-state index contributed by atoms with van der Waals surface area (Å²) in [5.41, 5.74) is 1.21. The Kier molecular flexibility index (Phi) is 4.30. The van der Waals surface area contributed by atoms with Crippen molar-refractivity contribution >= 4 is 11.4 Å². The highest BCUT2D eigenvalue weighted by atomic mass is 19.1. The Bertz CT molecular complexity index is 602. The average molecular weight is 274 g/mol. The molecule has 2 rings (SSSR count). The molecule has 1 unspecified atom stereocenters. The van der Waals surface area contributed by atoms with Gasteiger partial charge in [0.1, 0.15) is 0 Å². The zero-order chi connectivity index (χ0) is 14.5. The molecule has 0 radical (unpaired) electrons. The van der Waals surface area contributed by atoms with E-state index in [1.54, 1.807) is 0 Å². The Hall–Kier alpha value is -2.43. The molecule has 0 bridgehead atoms. The lowest BCUT2D eigenvalue weighted by Crippen LogP contribution is -2.18. The molecule has 0 fully saturated rings. The van der Waals surface area contributed by atoms with Gasteiger partial charge in [0.2, 0.25) is 5.82 Å². The predicted molar refractivity (Wildman–Crippen MR) is 76.3 cm³/mol. The first-order chi connectivity index (χ1) is 9.56. The van der Waals surface area contributed by atoms with E-state index in [1.165, 1.54) is 17.7 Å². The van der Waals surface area contributed by atoms with Gasteiger partial charge in [-0.2, -0.15) is 4.39 Å².